The lowest BCUT2D eigenvalue weighted by Gasteiger charge is -2.38. The van der Waals surface area contributed by atoms with Crippen LogP contribution in [0.3, 0.4) is 0 Å². The van der Waals surface area contributed by atoms with E-state index >= 15 is 0 Å². The number of azo groups is 2. The summed E-state index contributed by atoms with van der Waals surface area (Å²) in [4.78, 5) is 12.9. The Morgan fingerprint density at radius 2 is 1.68 bits per heavy atom. The zero-order valence-corrected chi connectivity index (χ0v) is 23.5. The number of non-ortho nitro benzene ring substituents is 1. The summed E-state index contributed by atoms with van der Waals surface area (Å²) in [7, 11) is 1.53. The topological polar surface area (TPSA) is 135 Å². The second-order valence-corrected chi connectivity index (χ2v) is 10.6. The third-order valence-electron chi connectivity index (χ3n) is 7.16. The van der Waals surface area contributed by atoms with Crippen molar-refractivity contribution in [3.05, 3.63) is 69.3 Å². The molecule has 0 saturated carbocycles. The first kappa shape index (κ1) is 28.2. The predicted molar refractivity (Wildman–Crippen MR) is 156 cm³/mol. The molecule has 0 aliphatic carbocycles. The number of aliphatic hydroxyl groups is 1. The van der Waals surface area contributed by atoms with Crippen LogP contribution < -0.4 is 14.4 Å². The van der Waals surface area contributed by atoms with Crippen molar-refractivity contribution in [2.45, 2.75) is 46.1 Å². The van der Waals surface area contributed by atoms with E-state index in [1.54, 1.807) is 12.1 Å². The van der Waals surface area contributed by atoms with Gasteiger partial charge in [-0.3, -0.25) is 10.1 Å². The molecule has 0 spiro atoms. The second kappa shape index (κ2) is 12.4. The number of methoxy groups -OCH3 is 1. The first-order valence-corrected chi connectivity index (χ1v) is 13.8. The molecule has 3 aromatic carbocycles. The minimum absolute atomic E-state index is 0.0327. The van der Waals surface area contributed by atoms with E-state index < -0.39 is 4.92 Å². The number of anilines is 1. The van der Waals surface area contributed by atoms with E-state index in [2.05, 4.69) is 45.3 Å². The zero-order valence-electron chi connectivity index (χ0n) is 23.5. The van der Waals surface area contributed by atoms with E-state index in [0.29, 0.717) is 46.6 Å². The molecule has 0 radical (unpaired) electrons. The molecular formula is C30H34N6O5. The first-order chi connectivity index (χ1) is 19.9. The molecule has 1 N–H and O–H groups in total. The molecule has 0 fully saturated rings. The smallest absolute Gasteiger partial charge is 0.269 e. The predicted octanol–water partition coefficient (Wildman–Crippen LogP) is 7.66. The van der Waals surface area contributed by atoms with Gasteiger partial charge in [0.25, 0.3) is 5.69 Å². The first-order valence-electron chi connectivity index (χ1n) is 13.8. The standard InChI is InChI=1S/C30H34N6O5/c1-19(2)18-41-30-24-7-5-13-35-12-4-6-20(29(24)35)14-27(30)34-33-26-15-21(17-37)25(16-28(26)40-3)32-31-22-8-10-23(11-9-22)36(38)39/h8-11,14-16,19,37H,4-7,12-13,17-18H2,1-3H3. The largest absolute Gasteiger partial charge is 0.494 e. The van der Waals surface area contributed by atoms with Gasteiger partial charge in [-0.1, -0.05) is 13.8 Å². The highest BCUT2D eigenvalue weighted by atomic mass is 16.6. The SMILES string of the molecule is COc1cc(N=Nc2ccc([N+](=O)[O-])cc2)c(CO)cc1N=Nc1cc2c3c(c1OCC(C)C)CCCN3CCC2. The molecular weight excluding hydrogens is 524 g/mol. The molecule has 2 aliphatic rings. The van der Waals surface area contributed by atoms with Crippen LogP contribution in [-0.2, 0) is 19.4 Å². The van der Waals surface area contributed by atoms with E-state index in [4.69, 9.17) is 9.47 Å². The zero-order chi connectivity index (χ0) is 28.9. The summed E-state index contributed by atoms with van der Waals surface area (Å²) in [5.41, 5.74) is 6.21. The molecule has 0 saturated heterocycles. The van der Waals surface area contributed by atoms with Crippen molar-refractivity contribution >= 4 is 34.1 Å². The molecule has 0 unspecified atom stereocenters. The van der Waals surface area contributed by atoms with Crippen LogP contribution in [0.2, 0.25) is 0 Å². The number of hydrogen-bond donors (Lipinski definition) is 1. The molecule has 0 aromatic heterocycles. The Hall–Kier alpha value is -4.38. The van der Waals surface area contributed by atoms with Crippen LogP contribution in [0.4, 0.5) is 34.1 Å². The summed E-state index contributed by atoms with van der Waals surface area (Å²) in [5, 5.41) is 38.6. The van der Waals surface area contributed by atoms with Crippen molar-refractivity contribution in [3.8, 4) is 11.5 Å². The fourth-order valence-corrected chi connectivity index (χ4v) is 5.22. The van der Waals surface area contributed by atoms with Crippen molar-refractivity contribution in [1.82, 2.24) is 0 Å². The second-order valence-electron chi connectivity index (χ2n) is 10.6. The van der Waals surface area contributed by atoms with E-state index in [-0.39, 0.29) is 12.3 Å². The third-order valence-corrected chi connectivity index (χ3v) is 7.16. The molecule has 41 heavy (non-hydrogen) atoms. The monoisotopic (exact) mass is 558 g/mol. The fourth-order valence-electron chi connectivity index (χ4n) is 5.22. The number of rotatable bonds is 10. The molecule has 0 amide bonds. The summed E-state index contributed by atoms with van der Waals surface area (Å²) in [6.07, 6.45) is 4.13. The quantitative estimate of drug-likeness (QED) is 0.154. The van der Waals surface area contributed by atoms with Gasteiger partial charge in [-0.15, -0.1) is 10.2 Å². The number of nitro benzene ring substituents is 1. The molecule has 0 bridgehead atoms. The Kier molecular flexibility index (Phi) is 8.53. The minimum Gasteiger partial charge on any atom is -0.494 e. The highest BCUT2D eigenvalue weighted by molar-refractivity contribution is 5.74. The summed E-state index contributed by atoms with van der Waals surface area (Å²) in [6, 6.07) is 11.1. The van der Waals surface area contributed by atoms with E-state index in [1.165, 1.54) is 48.2 Å². The van der Waals surface area contributed by atoms with Gasteiger partial charge in [0.1, 0.15) is 17.1 Å². The van der Waals surface area contributed by atoms with Crippen molar-refractivity contribution in [1.29, 1.82) is 0 Å². The van der Waals surface area contributed by atoms with Crippen LogP contribution in [0.1, 0.15) is 43.4 Å². The average Bonchev–Trinajstić information content (AvgIpc) is 2.98. The number of hydrogen-bond acceptors (Lipinski definition) is 10. The van der Waals surface area contributed by atoms with Crippen molar-refractivity contribution in [2.24, 2.45) is 26.4 Å². The molecule has 3 aromatic rings. The number of ether oxygens (including phenoxy) is 2. The number of benzene rings is 3. The van der Waals surface area contributed by atoms with Gasteiger partial charge in [-0.05, 0) is 61.4 Å². The molecule has 0 atom stereocenters. The van der Waals surface area contributed by atoms with Crippen LogP contribution >= 0.6 is 0 Å². The lowest BCUT2D eigenvalue weighted by atomic mass is 9.90. The number of nitro groups is 1. The Bertz CT molecular complexity index is 1480. The molecule has 214 valence electrons. The molecule has 11 nitrogen and oxygen atoms in total. The Labute approximate surface area is 238 Å². The van der Waals surface area contributed by atoms with Crippen LogP contribution in [0.15, 0.2) is 62.9 Å². The molecule has 2 aliphatic heterocycles. The van der Waals surface area contributed by atoms with Gasteiger partial charge in [0.2, 0.25) is 0 Å². The Morgan fingerprint density at radius 3 is 2.37 bits per heavy atom. The maximum absolute atomic E-state index is 10.9. The lowest BCUT2D eigenvalue weighted by molar-refractivity contribution is -0.384. The van der Waals surface area contributed by atoms with Crippen LogP contribution in [0, 0.1) is 16.0 Å². The molecule has 11 heteroatoms. The number of aliphatic hydroxyl groups excluding tert-OH is 1. The normalized spacial score (nSPS) is 14.6. The Morgan fingerprint density at radius 1 is 0.976 bits per heavy atom. The highest BCUT2D eigenvalue weighted by Crippen LogP contribution is 2.47. The van der Waals surface area contributed by atoms with Crippen molar-refractivity contribution in [2.75, 3.05) is 31.7 Å². The van der Waals surface area contributed by atoms with E-state index in [9.17, 15) is 15.2 Å². The van der Waals surface area contributed by atoms with Gasteiger partial charge in [0.05, 0.1) is 36.6 Å². The fraction of sp³-hybridized carbons (Fsp3) is 0.400. The third kappa shape index (κ3) is 6.19. The summed E-state index contributed by atoms with van der Waals surface area (Å²) in [6.45, 7) is 6.67. The maximum atomic E-state index is 10.9. The Balaban J connectivity index is 1.49. The van der Waals surface area contributed by atoms with Crippen LogP contribution in [-0.4, -0.2) is 36.8 Å². The van der Waals surface area contributed by atoms with Gasteiger partial charge in [-0.2, -0.15) is 10.2 Å². The van der Waals surface area contributed by atoms with Gasteiger partial charge in [-0.25, -0.2) is 0 Å². The highest BCUT2D eigenvalue weighted by Gasteiger charge is 2.29. The number of nitrogens with zero attached hydrogens (tertiary/aromatic N) is 6. The van der Waals surface area contributed by atoms with E-state index in [0.717, 1.165) is 44.5 Å². The number of aryl methyl sites for hydroxylation is 1. The molecule has 2 heterocycles. The minimum atomic E-state index is -0.475. The lowest BCUT2D eigenvalue weighted by Crippen LogP contribution is -2.34. The summed E-state index contributed by atoms with van der Waals surface area (Å²) in [5.74, 6) is 1.57. The van der Waals surface area contributed by atoms with Gasteiger partial charge >= 0.3 is 0 Å². The van der Waals surface area contributed by atoms with Crippen LogP contribution in [0.25, 0.3) is 0 Å². The maximum Gasteiger partial charge on any atom is 0.269 e. The van der Waals surface area contributed by atoms with Gasteiger partial charge in [0, 0.05) is 48.1 Å². The molecule has 5 rings (SSSR count). The van der Waals surface area contributed by atoms with Crippen molar-refractivity contribution in [3.63, 3.8) is 0 Å². The van der Waals surface area contributed by atoms with Gasteiger partial charge < -0.3 is 19.5 Å². The van der Waals surface area contributed by atoms with Gasteiger partial charge in [0.15, 0.2) is 5.75 Å². The van der Waals surface area contributed by atoms with E-state index in [1.807, 2.05) is 0 Å². The van der Waals surface area contributed by atoms with Crippen molar-refractivity contribution < 1.29 is 19.5 Å². The average molecular weight is 559 g/mol. The summed E-state index contributed by atoms with van der Waals surface area (Å²) >= 11 is 0. The summed E-state index contributed by atoms with van der Waals surface area (Å²) < 4.78 is 11.9. The van der Waals surface area contributed by atoms with Crippen LogP contribution in [0.5, 0.6) is 11.5 Å².